The lowest BCUT2D eigenvalue weighted by molar-refractivity contribution is -0.137. The van der Waals surface area contributed by atoms with E-state index in [2.05, 4.69) is 0 Å². The fourth-order valence-electron chi connectivity index (χ4n) is 2.41. The van der Waals surface area contributed by atoms with Gasteiger partial charge in [-0.2, -0.15) is 13.2 Å². The normalized spacial score (nSPS) is 11.6. The third-order valence-electron chi connectivity index (χ3n) is 3.63. The summed E-state index contributed by atoms with van der Waals surface area (Å²) < 4.78 is 37.8. The molecule has 0 aliphatic carbocycles. The first kappa shape index (κ1) is 15.1. The molecule has 23 heavy (non-hydrogen) atoms. The van der Waals surface area contributed by atoms with Crippen molar-refractivity contribution < 1.29 is 23.1 Å². The maximum Gasteiger partial charge on any atom is 0.416 e. The average molecular weight is 316 g/mol. The van der Waals surface area contributed by atoms with Crippen LogP contribution in [0.1, 0.15) is 15.9 Å². The van der Waals surface area contributed by atoms with Crippen LogP contribution in [0.25, 0.3) is 21.9 Å². The number of aromatic carboxylic acids is 1. The summed E-state index contributed by atoms with van der Waals surface area (Å²) in [5.41, 5.74) is 0.840. The molecule has 0 fully saturated rings. The highest BCUT2D eigenvalue weighted by Gasteiger charge is 2.29. The molecule has 0 spiro atoms. The van der Waals surface area contributed by atoms with Crippen LogP contribution in [0.2, 0.25) is 0 Å². The number of carboxylic acids is 1. The minimum atomic E-state index is -4.36. The SMILES string of the molecule is O=C(O)c1ccc2ccc(-c3ccc(C(F)(F)F)cc3)cc2c1. The Kier molecular flexibility index (Phi) is 3.56. The molecule has 3 aromatic rings. The summed E-state index contributed by atoms with van der Waals surface area (Å²) in [6.45, 7) is 0. The first-order valence-electron chi connectivity index (χ1n) is 6.79. The van der Waals surface area contributed by atoms with Crippen molar-refractivity contribution >= 4 is 16.7 Å². The van der Waals surface area contributed by atoms with Crippen molar-refractivity contribution in [3.05, 3.63) is 71.8 Å². The highest BCUT2D eigenvalue weighted by Crippen LogP contribution is 2.31. The predicted molar refractivity (Wildman–Crippen MR) is 81.3 cm³/mol. The monoisotopic (exact) mass is 316 g/mol. The molecule has 1 N–H and O–H groups in total. The molecule has 0 aliphatic heterocycles. The van der Waals surface area contributed by atoms with Gasteiger partial charge in [-0.05, 0) is 52.2 Å². The number of carboxylic acid groups (broad SMARTS) is 1. The van der Waals surface area contributed by atoms with Crippen molar-refractivity contribution in [3.63, 3.8) is 0 Å². The summed E-state index contributed by atoms with van der Waals surface area (Å²) in [6.07, 6.45) is -4.36. The minimum absolute atomic E-state index is 0.169. The third-order valence-corrected chi connectivity index (χ3v) is 3.63. The molecular formula is C18H11F3O2. The molecular weight excluding hydrogens is 305 g/mol. The smallest absolute Gasteiger partial charge is 0.416 e. The summed E-state index contributed by atoms with van der Waals surface area (Å²) in [7, 11) is 0. The van der Waals surface area contributed by atoms with Gasteiger partial charge in [0.15, 0.2) is 0 Å². The second-order valence-corrected chi connectivity index (χ2v) is 5.16. The Morgan fingerprint density at radius 1 is 0.783 bits per heavy atom. The van der Waals surface area contributed by atoms with E-state index in [0.29, 0.717) is 5.56 Å². The number of hydrogen-bond acceptors (Lipinski definition) is 1. The first-order valence-corrected chi connectivity index (χ1v) is 6.79. The molecule has 3 rings (SSSR count). The highest BCUT2D eigenvalue weighted by atomic mass is 19.4. The molecule has 116 valence electrons. The van der Waals surface area contributed by atoms with Gasteiger partial charge in [0.1, 0.15) is 0 Å². The van der Waals surface area contributed by atoms with Gasteiger partial charge in [0.2, 0.25) is 0 Å². The van der Waals surface area contributed by atoms with Crippen molar-refractivity contribution in [1.82, 2.24) is 0 Å². The molecule has 0 amide bonds. The van der Waals surface area contributed by atoms with Crippen LogP contribution < -0.4 is 0 Å². The highest BCUT2D eigenvalue weighted by molar-refractivity contribution is 5.95. The van der Waals surface area contributed by atoms with Crippen molar-refractivity contribution in [1.29, 1.82) is 0 Å². The van der Waals surface area contributed by atoms with Crippen molar-refractivity contribution in [2.24, 2.45) is 0 Å². The van der Waals surface area contributed by atoms with E-state index in [1.165, 1.54) is 18.2 Å². The molecule has 3 aromatic carbocycles. The quantitative estimate of drug-likeness (QED) is 0.703. The van der Waals surface area contributed by atoms with Gasteiger partial charge in [-0.25, -0.2) is 4.79 Å². The molecule has 0 unspecified atom stereocenters. The van der Waals surface area contributed by atoms with E-state index in [9.17, 15) is 18.0 Å². The first-order chi connectivity index (χ1) is 10.8. The largest absolute Gasteiger partial charge is 0.478 e. The molecule has 0 saturated carbocycles. The van der Waals surface area contributed by atoms with Crippen LogP contribution in [-0.2, 0) is 6.18 Å². The maximum absolute atomic E-state index is 12.6. The summed E-state index contributed by atoms with van der Waals surface area (Å²) in [4.78, 5) is 11.0. The summed E-state index contributed by atoms with van der Waals surface area (Å²) in [5, 5.41) is 10.6. The Hall–Kier alpha value is -2.82. The van der Waals surface area contributed by atoms with Crippen LogP contribution in [0.15, 0.2) is 60.7 Å². The number of halogens is 3. The van der Waals surface area contributed by atoms with Crippen LogP contribution in [0, 0.1) is 0 Å². The van der Waals surface area contributed by atoms with Gasteiger partial charge < -0.3 is 5.11 Å². The molecule has 0 bridgehead atoms. The molecule has 5 heteroatoms. The lowest BCUT2D eigenvalue weighted by Gasteiger charge is -2.09. The number of hydrogen-bond donors (Lipinski definition) is 1. The van der Waals surface area contributed by atoms with Crippen molar-refractivity contribution in [3.8, 4) is 11.1 Å². The van der Waals surface area contributed by atoms with Gasteiger partial charge >= 0.3 is 12.1 Å². The van der Waals surface area contributed by atoms with E-state index in [4.69, 9.17) is 5.11 Å². The Balaban J connectivity index is 2.04. The number of rotatable bonds is 2. The second-order valence-electron chi connectivity index (χ2n) is 5.16. The standard InChI is InChI=1S/C18H11F3O2/c19-18(20,21)16-7-5-11(6-8-16)13-3-1-12-2-4-14(17(22)23)10-15(12)9-13/h1-10H,(H,22,23). The van der Waals surface area contributed by atoms with Crippen LogP contribution in [0.5, 0.6) is 0 Å². The zero-order chi connectivity index (χ0) is 16.6. The Morgan fingerprint density at radius 2 is 1.39 bits per heavy atom. The zero-order valence-corrected chi connectivity index (χ0v) is 11.8. The number of alkyl halides is 3. The Labute approximate surface area is 129 Å². The van der Waals surface area contributed by atoms with E-state index in [1.54, 1.807) is 24.3 Å². The van der Waals surface area contributed by atoms with Crippen LogP contribution in [-0.4, -0.2) is 11.1 Å². The van der Waals surface area contributed by atoms with Gasteiger partial charge in [-0.1, -0.05) is 30.3 Å². The predicted octanol–water partition coefficient (Wildman–Crippen LogP) is 5.22. The van der Waals surface area contributed by atoms with E-state index in [1.807, 2.05) is 6.07 Å². The fraction of sp³-hybridized carbons (Fsp3) is 0.0556. The van der Waals surface area contributed by atoms with Gasteiger partial charge in [0.05, 0.1) is 11.1 Å². The molecule has 0 heterocycles. The Morgan fingerprint density at radius 3 is 2.00 bits per heavy atom. The van der Waals surface area contributed by atoms with E-state index < -0.39 is 17.7 Å². The van der Waals surface area contributed by atoms with Gasteiger partial charge in [-0.15, -0.1) is 0 Å². The van der Waals surface area contributed by atoms with Crippen LogP contribution >= 0.6 is 0 Å². The number of fused-ring (bicyclic) bond motifs is 1. The van der Waals surface area contributed by atoms with Crippen molar-refractivity contribution in [2.75, 3.05) is 0 Å². The maximum atomic E-state index is 12.6. The molecule has 2 nitrogen and oxygen atoms in total. The molecule has 0 atom stereocenters. The molecule has 0 radical (unpaired) electrons. The zero-order valence-electron chi connectivity index (χ0n) is 11.8. The third kappa shape index (κ3) is 3.04. The molecule has 0 saturated heterocycles. The minimum Gasteiger partial charge on any atom is -0.478 e. The molecule has 0 aromatic heterocycles. The van der Waals surface area contributed by atoms with E-state index in [0.717, 1.165) is 28.5 Å². The number of carbonyl (C=O) groups is 1. The van der Waals surface area contributed by atoms with Crippen LogP contribution in [0.4, 0.5) is 13.2 Å². The number of benzene rings is 3. The lowest BCUT2D eigenvalue weighted by atomic mass is 9.99. The summed E-state index contributed by atoms with van der Waals surface area (Å²) >= 11 is 0. The van der Waals surface area contributed by atoms with Gasteiger partial charge in [-0.3, -0.25) is 0 Å². The van der Waals surface area contributed by atoms with Gasteiger partial charge in [0.25, 0.3) is 0 Å². The lowest BCUT2D eigenvalue weighted by Crippen LogP contribution is -2.03. The summed E-state index contributed by atoms with van der Waals surface area (Å²) in [5.74, 6) is -1.02. The van der Waals surface area contributed by atoms with Crippen LogP contribution in [0.3, 0.4) is 0 Å². The fourth-order valence-corrected chi connectivity index (χ4v) is 2.41. The molecule has 0 aliphatic rings. The second kappa shape index (κ2) is 5.43. The summed E-state index contributed by atoms with van der Waals surface area (Å²) in [6, 6.07) is 15.0. The topological polar surface area (TPSA) is 37.3 Å². The van der Waals surface area contributed by atoms with Gasteiger partial charge in [0, 0.05) is 0 Å². The average Bonchev–Trinajstić information content (AvgIpc) is 2.53. The van der Waals surface area contributed by atoms with E-state index >= 15 is 0 Å². The Bertz CT molecular complexity index is 881. The van der Waals surface area contributed by atoms with E-state index in [-0.39, 0.29) is 5.56 Å². The van der Waals surface area contributed by atoms with Crippen molar-refractivity contribution in [2.45, 2.75) is 6.18 Å².